The van der Waals surface area contributed by atoms with Crippen LogP contribution < -0.4 is 0 Å². The van der Waals surface area contributed by atoms with Crippen molar-refractivity contribution in [2.45, 2.75) is 56.9 Å². The molecule has 2 aliphatic heterocycles. The Kier molecular flexibility index (Phi) is 4.23. The van der Waals surface area contributed by atoms with Gasteiger partial charge in [0.05, 0.1) is 11.3 Å². The summed E-state index contributed by atoms with van der Waals surface area (Å²) in [5, 5.41) is 15.7. The molecule has 1 N–H and O–H groups in total. The number of carbonyl (C=O) groups is 1. The molecule has 3 heterocycles. The number of benzene rings is 1. The minimum atomic E-state index is -0.916. The molecular weight excluding hydrogens is 330 g/mol. The number of aromatic nitrogens is 2. The van der Waals surface area contributed by atoms with E-state index in [1.807, 2.05) is 55.4 Å². The molecule has 0 radical (unpaired) electrons. The number of hydrogen-bond acceptors (Lipinski definition) is 4. The molecule has 0 saturated carbocycles. The van der Waals surface area contributed by atoms with Crippen LogP contribution in [0.2, 0.25) is 0 Å². The fourth-order valence-corrected chi connectivity index (χ4v) is 4.59. The minimum absolute atomic E-state index is 0.0154. The summed E-state index contributed by atoms with van der Waals surface area (Å²) in [5.41, 5.74) is 1.80. The van der Waals surface area contributed by atoms with Gasteiger partial charge in [0.1, 0.15) is 6.61 Å². The van der Waals surface area contributed by atoms with Crippen molar-refractivity contribution < 1.29 is 14.6 Å². The van der Waals surface area contributed by atoms with Gasteiger partial charge < -0.3 is 14.7 Å². The lowest BCUT2D eigenvalue weighted by atomic mass is 9.81. The Morgan fingerprint density at radius 3 is 2.50 bits per heavy atom. The molecule has 2 atom stereocenters. The number of nitrogens with zero attached hydrogens (tertiary/aromatic N) is 3. The van der Waals surface area contributed by atoms with Crippen molar-refractivity contribution in [1.82, 2.24) is 14.7 Å². The van der Waals surface area contributed by atoms with Gasteiger partial charge in [0.25, 0.3) is 0 Å². The zero-order chi connectivity index (χ0) is 18.3. The molecule has 1 amide bonds. The fraction of sp³-hybridized carbons (Fsp3) is 0.500. The van der Waals surface area contributed by atoms with E-state index in [-0.39, 0.29) is 24.8 Å². The predicted octanol–water partition coefficient (Wildman–Crippen LogP) is 2.88. The van der Waals surface area contributed by atoms with E-state index in [4.69, 9.17) is 4.74 Å². The van der Waals surface area contributed by atoms with Gasteiger partial charge in [-0.3, -0.25) is 4.68 Å². The Bertz CT molecular complexity index is 788. The van der Waals surface area contributed by atoms with Crippen molar-refractivity contribution in [3.05, 3.63) is 53.3 Å². The van der Waals surface area contributed by atoms with Crippen molar-refractivity contribution in [2.24, 2.45) is 7.05 Å². The summed E-state index contributed by atoms with van der Waals surface area (Å²) in [7, 11) is 1.87. The second kappa shape index (κ2) is 6.43. The summed E-state index contributed by atoms with van der Waals surface area (Å²) in [6.07, 6.45) is 4.52. The van der Waals surface area contributed by atoms with Crippen molar-refractivity contribution in [2.75, 3.05) is 0 Å². The third kappa shape index (κ3) is 2.98. The van der Waals surface area contributed by atoms with Gasteiger partial charge in [0, 0.05) is 43.7 Å². The van der Waals surface area contributed by atoms with E-state index >= 15 is 0 Å². The van der Waals surface area contributed by atoms with Crippen LogP contribution >= 0.6 is 0 Å². The Labute approximate surface area is 153 Å². The maximum absolute atomic E-state index is 12.7. The number of aryl methyl sites for hydroxylation is 2. The molecule has 0 aliphatic carbocycles. The summed E-state index contributed by atoms with van der Waals surface area (Å²) in [4.78, 5) is 14.5. The fourth-order valence-electron chi connectivity index (χ4n) is 4.59. The SMILES string of the molecule is Cc1nn(C)cc1C1(O)CC2CCC(C1)N2C(=O)OCc1ccccc1. The second-order valence-electron chi connectivity index (χ2n) is 7.57. The molecule has 1 aromatic heterocycles. The maximum Gasteiger partial charge on any atom is 0.410 e. The van der Waals surface area contributed by atoms with Crippen LogP contribution in [0.1, 0.15) is 42.5 Å². The summed E-state index contributed by atoms with van der Waals surface area (Å²) in [6, 6.07) is 9.73. The zero-order valence-corrected chi connectivity index (χ0v) is 15.3. The van der Waals surface area contributed by atoms with Gasteiger partial charge in [0.2, 0.25) is 0 Å². The first-order valence-electron chi connectivity index (χ1n) is 9.18. The van der Waals surface area contributed by atoms with E-state index in [2.05, 4.69) is 5.10 Å². The molecule has 2 aromatic rings. The predicted molar refractivity (Wildman–Crippen MR) is 96.4 cm³/mol. The summed E-state index contributed by atoms with van der Waals surface area (Å²) < 4.78 is 7.28. The Morgan fingerprint density at radius 1 is 1.27 bits per heavy atom. The summed E-state index contributed by atoms with van der Waals surface area (Å²) in [6.45, 7) is 2.21. The monoisotopic (exact) mass is 355 g/mol. The molecule has 26 heavy (non-hydrogen) atoms. The van der Waals surface area contributed by atoms with E-state index in [0.717, 1.165) is 29.7 Å². The molecule has 2 saturated heterocycles. The molecule has 1 aromatic carbocycles. The molecule has 6 heteroatoms. The first-order valence-corrected chi connectivity index (χ1v) is 9.18. The number of amides is 1. The lowest BCUT2D eigenvalue weighted by molar-refractivity contribution is -0.0540. The third-order valence-corrected chi connectivity index (χ3v) is 5.70. The second-order valence-corrected chi connectivity index (χ2v) is 7.57. The first-order chi connectivity index (χ1) is 12.5. The summed E-state index contributed by atoms with van der Waals surface area (Å²) in [5.74, 6) is 0. The van der Waals surface area contributed by atoms with Gasteiger partial charge in [-0.2, -0.15) is 5.10 Å². The van der Waals surface area contributed by atoms with Crippen molar-refractivity contribution >= 4 is 6.09 Å². The average molecular weight is 355 g/mol. The van der Waals surface area contributed by atoms with Crippen LogP contribution in [0.3, 0.4) is 0 Å². The first kappa shape index (κ1) is 17.1. The highest BCUT2D eigenvalue weighted by atomic mass is 16.6. The number of carbonyl (C=O) groups excluding carboxylic acids is 1. The van der Waals surface area contributed by atoms with Gasteiger partial charge in [0.15, 0.2) is 0 Å². The Balaban J connectivity index is 1.47. The Morgan fingerprint density at radius 2 is 1.92 bits per heavy atom. The third-order valence-electron chi connectivity index (χ3n) is 5.70. The smallest absolute Gasteiger partial charge is 0.410 e. The standard InChI is InChI=1S/C20H25N3O3/c1-14-18(12-22(2)21-14)20(25)10-16-8-9-17(11-20)23(16)19(24)26-13-15-6-4-3-5-7-15/h3-7,12,16-17,25H,8-11,13H2,1-2H3. The van der Waals surface area contributed by atoms with Crippen molar-refractivity contribution in [3.8, 4) is 0 Å². The number of aliphatic hydroxyl groups is 1. The van der Waals surface area contributed by atoms with Crippen LogP contribution in [-0.2, 0) is 24.0 Å². The van der Waals surface area contributed by atoms with Gasteiger partial charge in [-0.1, -0.05) is 30.3 Å². The van der Waals surface area contributed by atoms with E-state index in [1.54, 1.807) is 4.68 Å². The topological polar surface area (TPSA) is 67.6 Å². The molecule has 0 spiro atoms. The van der Waals surface area contributed by atoms with E-state index < -0.39 is 5.60 Å². The zero-order valence-electron chi connectivity index (χ0n) is 15.3. The highest BCUT2D eigenvalue weighted by Crippen LogP contribution is 2.46. The van der Waals surface area contributed by atoms with Crippen LogP contribution in [0.4, 0.5) is 4.79 Å². The van der Waals surface area contributed by atoms with Crippen LogP contribution in [-0.4, -0.2) is 38.0 Å². The number of fused-ring (bicyclic) bond motifs is 2. The van der Waals surface area contributed by atoms with Gasteiger partial charge in [-0.05, 0) is 25.3 Å². The van der Waals surface area contributed by atoms with Crippen LogP contribution in [0.15, 0.2) is 36.5 Å². The molecule has 2 aliphatic rings. The summed E-state index contributed by atoms with van der Waals surface area (Å²) >= 11 is 0. The molecule has 138 valence electrons. The molecule has 4 rings (SSSR count). The molecule has 6 nitrogen and oxygen atoms in total. The van der Waals surface area contributed by atoms with Crippen LogP contribution in [0.25, 0.3) is 0 Å². The van der Waals surface area contributed by atoms with E-state index in [1.165, 1.54) is 0 Å². The van der Waals surface area contributed by atoms with Gasteiger partial charge in [-0.15, -0.1) is 0 Å². The highest BCUT2D eigenvalue weighted by molar-refractivity contribution is 5.69. The van der Waals surface area contributed by atoms with Crippen LogP contribution in [0, 0.1) is 6.92 Å². The number of hydrogen-bond donors (Lipinski definition) is 1. The van der Waals surface area contributed by atoms with Crippen molar-refractivity contribution in [3.63, 3.8) is 0 Å². The normalized spacial score (nSPS) is 27.6. The number of rotatable bonds is 3. The minimum Gasteiger partial charge on any atom is -0.445 e. The van der Waals surface area contributed by atoms with E-state index in [9.17, 15) is 9.90 Å². The van der Waals surface area contributed by atoms with Gasteiger partial charge in [-0.25, -0.2) is 4.79 Å². The van der Waals surface area contributed by atoms with Gasteiger partial charge >= 0.3 is 6.09 Å². The van der Waals surface area contributed by atoms with E-state index in [0.29, 0.717) is 12.8 Å². The molecule has 2 unspecified atom stereocenters. The largest absolute Gasteiger partial charge is 0.445 e. The highest BCUT2D eigenvalue weighted by Gasteiger charge is 2.51. The quantitative estimate of drug-likeness (QED) is 0.919. The van der Waals surface area contributed by atoms with Crippen molar-refractivity contribution in [1.29, 1.82) is 0 Å². The molecular formula is C20H25N3O3. The lowest BCUT2D eigenvalue weighted by Crippen LogP contribution is -2.52. The molecule has 2 bridgehead atoms. The Hall–Kier alpha value is -2.34. The molecule has 2 fully saturated rings. The van der Waals surface area contributed by atoms with Crippen LogP contribution in [0.5, 0.6) is 0 Å². The maximum atomic E-state index is 12.7. The number of ether oxygens (including phenoxy) is 1. The lowest BCUT2D eigenvalue weighted by Gasteiger charge is -2.43. The number of piperidine rings is 1. The average Bonchev–Trinajstić information content (AvgIpc) is 3.11.